The molecular weight excluding hydrogens is 480 g/mol. The molecular formula is C27H32N2O8. The first-order valence-corrected chi connectivity index (χ1v) is 12.4. The number of phenols is 1. The molecule has 4 aliphatic rings. The van der Waals surface area contributed by atoms with Crippen LogP contribution in [0.3, 0.4) is 0 Å². The summed E-state index contributed by atoms with van der Waals surface area (Å²) in [6.45, 7) is 3.73. The first-order valence-electron chi connectivity index (χ1n) is 12.4. The van der Waals surface area contributed by atoms with Crippen LogP contribution in [-0.2, 0) is 19.8 Å². The van der Waals surface area contributed by atoms with Crippen LogP contribution in [0.2, 0.25) is 0 Å². The Morgan fingerprint density at radius 1 is 1.14 bits per heavy atom. The number of carbonyl (C=O) groups excluding carboxylic acids is 3. The molecule has 6 atom stereocenters. The van der Waals surface area contributed by atoms with Gasteiger partial charge in [0.15, 0.2) is 11.4 Å². The van der Waals surface area contributed by atoms with Crippen LogP contribution in [0.15, 0.2) is 29.0 Å². The highest BCUT2D eigenvalue weighted by Gasteiger charge is 2.68. The summed E-state index contributed by atoms with van der Waals surface area (Å²) in [5.41, 5.74) is 2.02. The Kier molecular flexibility index (Phi) is 5.43. The maximum Gasteiger partial charge on any atom is 0.255 e. The van der Waals surface area contributed by atoms with Gasteiger partial charge in [0.1, 0.15) is 22.8 Å². The van der Waals surface area contributed by atoms with Crippen molar-refractivity contribution in [2.75, 3.05) is 14.1 Å². The van der Waals surface area contributed by atoms with Crippen LogP contribution in [-0.4, -0.2) is 79.7 Å². The molecule has 2 saturated carbocycles. The summed E-state index contributed by atoms with van der Waals surface area (Å²) >= 11 is 0. The van der Waals surface area contributed by atoms with E-state index >= 15 is 0 Å². The number of rotatable bonds is 3. The molecule has 1 aromatic carbocycles. The Labute approximate surface area is 213 Å². The number of hydrogen-bond acceptors (Lipinski definition) is 9. The van der Waals surface area contributed by atoms with Crippen LogP contribution in [0.4, 0.5) is 0 Å². The van der Waals surface area contributed by atoms with E-state index in [0.717, 1.165) is 19.3 Å². The van der Waals surface area contributed by atoms with E-state index in [1.165, 1.54) is 19.0 Å². The Balaban J connectivity index is 1.78. The third-order valence-electron chi connectivity index (χ3n) is 9.24. The number of primary amides is 1. The normalized spacial score (nSPS) is 34.6. The first-order chi connectivity index (χ1) is 17.2. The first kappa shape index (κ1) is 25.4. The number of Topliss-reactive ketones (excluding diaryl/α,β-unsaturated/α-hetero) is 2. The van der Waals surface area contributed by atoms with Crippen LogP contribution in [0, 0.1) is 11.8 Å². The van der Waals surface area contributed by atoms with Gasteiger partial charge in [0.25, 0.3) is 5.91 Å². The molecule has 10 heteroatoms. The number of carbonyl (C=O) groups is 3. The minimum atomic E-state index is -2.91. The van der Waals surface area contributed by atoms with E-state index in [9.17, 15) is 39.9 Å². The van der Waals surface area contributed by atoms with Gasteiger partial charge in [-0.25, -0.2) is 0 Å². The Hall–Kier alpha value is -3.21. The summed E-state index contributed by atoms with van der Waals surface area (Å²) in [5.74, 6) is -8.66. The van der Waals surface area contributed by atoms with E-state index in [4.69, 9.17) is 5.73 Å². The lowest BCUT2D eigenvalue weighted by molar-refractivity contribution is -0.169. The quantitative estimate of drug-likeness (QED) is 0.321. The number of phenolic OH excluding ortho intramolecular Hbond substituents is 1. The molecule has 0 aliphatic heterocycles. The number of fused-ring (bicyclic) bond motifs is 3. The average molecular weight is 513 g/mol. The van der Waals surface area contributed by atoms with Crippen molar-refractivity contribution in [1.29, 1.82) is 0 Å². The second kappa shape index (κ2) is 7.89. The predicted octanol–water partition coefficient (Wildman–Crippen LogP) is 0.937. The van der Waals surface area contributed by atoms with Crippen LogP contribution in [0.25, 0.3) is 5.76 Å². The van der Waals surface area contributed by atoms with Crippen molar-refractivity contribution in [3.63, 3.8) is 0 Å². The van der Waals surface area contributed by atoms with Gasteiger partial charge in [-0.1, -0.05) is 32.4 Å². The lowest BCUT2D eigenvalue weighted by Crippen LogP contribution is -2.70. The molecule has 2 fully saturated rings. The van der Waals surface area contributed by atoms with Gasteiger partial charge < -0.3 is 31.3 Å². The van der Waals surface area contributed by atoms with Gasteiger partial charge in [0.05, 0.1) is 23.6 Å². The molecule has 5 rings (SSSR count). The van der Waals surface area contributed by atoms with E-state index in [1.54, 1.807) is 19.1 Å². The molecule has 4 aliphatic carbocycles. The van der Waals surface area contributed by atoms with Crippen LogP contribution in [0.5, 0.6) is 5.75 Å². The maximum absolute atomic E-state index is 14.0. The number of nitrogens with two attached hydrogens (primary N) is 1. The van der Waals surface area contributed by atoms with Crippen molar-refractivity contribution in [2.24, 2.45) is 17.6 Å². The molecule has 0 bridgehead atoms. The number of aliphatic hydroxyl groups excluding tert-OH is 3. The zero-order chi connectivity index (χ0) is 27.4. The molecule has 0 spiro atoms. The van der Waals surface area contributed by atoms with Crippen LogP contribution >= 0.6 is 0 Å². The SMILES string of the molecule is CC1c2ccc(C3(C)CCC3)c(O)c2C(O)=C2C(=O)[C@@]3(O)C(O)=C(C(N)=O)C(=O)C(N(C)C)C3C(O)C21. The largest absolute Gasteiger partial charge is 0.508 e. The summed E-state index contributed by atoms with van der Waals surface area (Å²) in [7, 11) is 2.95. The van der Waals surface area contributed by atoms with Gasteiger partial charge in [0.2, 0.25) is 5.78 Å². The van der Waals surface area contributed by atoms with E-state index < -0.39 is 70.1 Å². The second-order valence-corrected chi connectivity index (χ2v) is 11.4. The maximum atomic E-state index is 14.0. The Morgan fingerprint density at radius 2 is 1.76 bits per heavy atom. The number of aromatic hydroxyl groups is 1. The van der Waals surface area contributed by atoms with Crippen molar-refractivity contribution >= 4 is 23.2 Å². The minimum Gasteiger partial charge on any atom is -0.508 e. The molecule has 0 saturated heterocycles. The highest BCUT2D eigenvalue weighted by atomic mass is 16.4. The third kappa shape index (κ3) is 3.00. The topological polar surface area (TPSA) is 182 Å². The fourth-order valence-corrected chi connectivity index (χ4v) is 7.08. The van der Waals surface area contributed by atoms with Crippen molar-refractivity contribution in [2.45, 2.75) is 62.2 Å². The molecule has 0 heterocycles. The fraction of sp³-hybridized carbons (Fsp3) is 0.519. The number of amides is 1. The summed E-state index contributed by atoms with van der Waals surface area (Å²) in [5, 5.41) is 57.0. The molecule has 198 valence electrons. The zero-order valence-electron chi connectivity index (χ0n) is 21.1. The van der Waals surface area contributed by atoms with E-state index in [2.05, 4.69) is 0 Å². The lowest BCUT2D eigenvalue weighted by Gasteiger charge is -2.53. The standard InChI is InChI=1S/C27H32N2O8/c1-10-11-6-7-12(26(2)8-5-9-26)19(30)14(11)20(31)15-13(10)21(32)17-18(29(3)4)22(33)16(25(28)36)24(35)27(17,37)23(15)34/h6-7,10,13,17-18,21,30-32,35,37H,5,8-9H2,1-4H3,(H2,28,36)/t10?,13?,17?,18?,21?,27-/m1/s1. The van der Waals surface area contributed by atoms with E-state index in [-0.39, 0.29) is 22.3 Å². The van der Waals surface area contributed by atoms with Crippen molar-refractivity contribution in [3.8, 4) is 5.75 Å². The van der Waals surface area contributed by atoms with Crippen LogP contribution < -0.4 is 5.73 Å². The molecule has 5 unspecified atom stereocenters. The van der Waals surface area contributed by atoms with Crippen LogP contribution in [0.1, 0.15) is 55.7 Å². The van der Waals surface area contributed by atoms with Gasteiger partial charge in [-0.15, -0.1) is 0 Å². The lowest BCUT2D eigenvalue weighted by atomic mass is 9.54. The average Bonchev–Trinajstić information content (AvgIpc) is 2.79. The van der Waals surface area contributed by atoms with Gasteiger partial charge in [-0.3, -0.25) is 19.3 Å². The van der Waals surface area contributed by atoms with E-state index in [1.807, 2.05) is 6.92 Å². The van der Waals surface area contributed by atoms with Crippen molar-refractivity contribution in [1.82, 2.24) is 4.90 Å². The number of benzene rings is 1. The summed E-state index contributed by atoms with van der Waals surface area (Å²) in [6.07, 6.45) is 1.10. The molecule has 0 radical (unpaired) electrons. The van der Waals surface area contributed by atoms with Gasteiger partial charge in [0, 0.05) is 17.1 Å². The summed E-state index contributed by atoms with van der Waals surface area (Å²) < 4.78 is 0. The monoisotopic (exact) mass is 512 g/mol. The number of aliphatic hydroxyl groups is 4. The number of nitrogens with zero attached hydrogens (tertiary/aromatic N) is 1. The molecule has 10 nitrogen and oxygen atoms in total. The highest BCUT2D eigenvalue weighted by Crippen LogP contribution is 2.57. The number of hydrogen-bond donors (Lipinski definition) is 6. The van der Waals surface area contributed by atoms with E-state index in [0.29, 0.717) is 11.1 Å². The summed E-state index contributed by atoms with van der Waals surface area (Å²) in [4.78, 5) is 40.6. The second-order valence-electron chi connectivity index (χ2n) is 11.4. The molecule has 0 aromatic heterocycles. The molecule has 7 N–H and O–H groups in total. The Bertz CT molecular complexity index is 1320. The third-order valence-corrected chi connectivity index (χ3v) is 9.24. The van der Waals surface area contributed by atoms with Gasteiger partial charge >= 0.3 is 0 Å². The predicted molar refractivity (Wildman–Crippen MR) is 132 cm³/mol. The Morgan fingerprint density at radius 3 is 2.27 bits per heavy atom. The number of ketones is 2. The zero-order valence-corrected chi connectivity index (χ0v) is 21.1. The van der Waals surface area contributed by atoms with Gasteiger partial charge in [-0.2, -0.15) is 0 Å². The molecule has 1 aromatic rings. The highest BCUT2D eigenvalue weighted by molar-refractivity contribution is 6.24. The summed E-state index contributed by atoms with van der Waals surface area (Å²) in [6, 6.07) is 2.20. The smallest absolute Gasteiger partial charge is 0.255 e. The molecule has 1 amide bonds. The number of likely N-dealkylation sites (N-methyl/N-ethyl adjacent to an activating group) is 1. The van der Waals surface area contributed by atoms with Crippen molar-refractivity contribution in [3.05, 3.63) is 45.7 Å². The molecule has 37 heavy (non-hydrogen) atoms. The van der Waals surface area contributed by atoms with Crippen molar-refractivity contribution < 1.29 is 39.9 Å². The minimum absolute atomic E-state index is 0.0432. The van der Waals surface area contributed by atoms with Gasteiger partial charge in [-0.05, 0) is 43.8 Å². The fourth-order valence-electron chi connectivity index (χ4n) is 7.08.